The van der Waals surface area contributed by atoms with Gasteiger partial charge in [0.15, 0.2) is 0 Å². The van der Waals surface area contributed by atoms with Crippen molar-refractivity contribution in [2.24, 2.45) is 0 Å². The first kappa shape index (κ1) is 9.03. The fourth-order valence-electron chi connectivity index (χ4n) is 1.84. The van der Waals surface area contributed by atoms with Gasteiger partial charge in [-0.25, -0.2) is 0 Å². The highest BCUT2D eigenvalue weighted by Crippen LogP contribution is 2.32. The summed E-state index contributed by atoms with van der Waals surface area (Å²) in [6, 6.07) is 0.288. The summed E-state index contributed by atoms with van der Waals surface area (Å²) in [5.41, 5.74) is 1.00. The molecule has 0 aromatic carbocycles. The van der Waals surface area contributed by atoms with Crippen LogP contribution >= 0.6 is 11.6 Å². The molecular formula is C9H13ClN2O. The van der Waals surface area contributed by atoms with Crippen LogP contribution < -0.4 is 0 Å². The monoisotopic (exact) mass is 200 g/mol. The van der Waals surface area contributed by atoms with E-state index in [1.54, 1.807) is 6.20 Å². The first-order valence-corrected chi connectivity index (χ1v) is 4.94. The Kier molecular flexibility index (Phi) is 2.30. The molecule has 2 unspecified atom stereocenters. The summed E-state index contributed by atoms with van der Waals surface area (Å²) >= 11 is 6.06. The van der Waals surface area contributed by atoms with Crippen LogP contribution in [0.3, 0.4) is 0 Å². The van der Waals surface area contributed by atoms with Crippen molar-refractivity contribution in [3.63, 3.8) is 0 Å². The molecule has 4 heteroatoms. The molecule has 1 aromatic heterocycles. The second-order valence-corrected chi connectivity index (χ2v) is 4.04. The molecule has 0 bridgehead atoms. The van der Waals surface area contributed by atoms with Crippen molar-refractivity contribution in [1.29, 1.82) is 0 Å². The largest absolute Gasteiger partial charge is 0.393 e. The molecule has 1 saturated carbocycles. The lowest BCUT2D eigenvalue weighted by atomic mass is 10.2. The Bertz CT molecular complexity index is 311. The van der Waals surface area contributed by atoms with Crippen LogP contribution in [0.1, 0.15) is 30.9 Å². The molecule has 1 aromatic rings. The molecule has 0 spiro atoms. The number of aryl methyl sites for hydroxylation is 1. The number of hydrogen-bond acceptors (Lipinski definition) is 2. The molecule has 0 radical (unpaired) electrons. The zero-order valence-electron chi connectivity index (χ0n) is 7.57. The Hall–Kier alpha value is -0.540. The molecule has 0 saturated heterocycles. The molecule has 13 heavy (non-hydrogen) atoms. The molecule has 1 heterocycles. The lowest BCUT2D eigenvalue weighted by Gasteiger charge is -2.10. The molecule has 1 aliphatic rings. The first-order valence-electron chi connectivity index (χ1n) is 4.56. The van der Waals surface area contributed by atoms with Crippen LogP contribution in [-0.2, 0) is 0 Å². The predicted molar refractivity (Wildman–Crippen MR) is 50.9 cm³/mol. The van der Waals surface area contributed by atoms with E-state index in [0.29, 0.717) is 5.15 Å². The summed E-state index contributed by atoms with van der Waals surface area (Å²) in [5, 5.41) is 14.3. The molecule has 72 valence electrons. The Morgan fingerprint density at radius 1 is 1.62 bits per heavy atom. The maximum absolute atomic E-state index is 9.37. The number of aromatic nitrogens is 2. The number of halogens is 1. The number of rotatable bonds is 1. The highest BCUT2D eigenvalue weighted by atomic mass is 35.5. The van der Waals surface area contributed by atoms with E-state index in [-0.39, 0.29) is 12.1 Å². The van der Waals surface area contributed by atoms with E-state index in [9.17, 15) is 5.11 Å². The van der Waals surface area contributed by atoms with Gasteiger partial charge in [0.25, 0.3) is 0 Å². The van der Waals surface area contributed by atoms with Crippen molar-refractivity contribution >= 4 is 11.6 Å². The van der Waals surface area contributed by atoms with Gasteiger partial charge in [-0.3, -0.25) is 4.68 Å². The van der Waals surface area contributed by atoms with Gasteiger partial charge in [0.05, 0.1) is 18.3 Å². The third-order valence-corrected chi connectivity index (χ3v) is 3.10. The van der Waals surface area contributed by atoms with Crippen LogP contribution in [0.25, 0.3) is 0 Å². The summed E-state index contributed by atoms with van der Waals surface area (Å²) in [6.45, 7) is 1.94. The molecule has 3 nitrogen and oxygen atoms in total. The van der Waals surface area contributed by atoms with Crippen LogP contribution in [0, 0.1) is 6.92 Å². The second kappa shape index (κ2) is 3.31. The number of aliphatic hydroxyl groups is 1. The van der Waals surface area contributed by atoms with Crippen molar-refractivity contribution in [3.8, 4) is 0 Å². The van der Waals surface area contributed by atoms with E-state index < -0.39 is 0 Å². The van der Waals surface area contributed by atoms with Gasteiger partial charge < -0.3 is 5.11 Å². The van der Waals surface area contributed by atoms with Gasteiger partial charge in [-0.05, 0) is 26.2 Å². The van der Waals surface area contributed by atoms with Gasteiger partial charge >= 0.3 is 0 Å². The molecule has 2 atom stereocenters. The lowest BCUT2D eigenvalue weighted by molar-refractivity contribution is 0.177. The van der Waals surface area contributed by atoms with Crippen molar-refractivity contribution in [2.75, 3.05) is 0 Å². The fraction of sp³-hybridized carbons (Fsp3) is 0.667. The summed E-state index contributed by atoms with van der Waals surface area (Å²) in [6.07, 6.45) is 4.21. The van der Waals surface area contributed by atoms with Crippen LogP contribution in [0.15, 0.2) is 6.20 Å². The van der Waals surface area contributed by atoms with Gasteiger partial charge in [0, 0.05) is 5.56 Å². The Morgan fingerprint density at radius 3 is 2.85 bits per heavy atom. The average molecular weight is 201 g/mol. The summed E-state index contributed by atoms with van der Waals surface area (Å²) in [5.74, 6) is 0. The predicted octanol–water partition coefficient (Wildman–Crippen LogP) is 1.93. The topological polar surface area (TPSA) is 38.0 Å². The van der Waals surface area contributed by atoms with Crippen molar-refractivity contribution in [3.05, 3.63) is 16.9 Å². The molecular weight excluding hydrogens is 188 g/mol. The quantitative estimate of drug-likeness (QED) is 0.753. The van der Waals surface area contributed by atoms with E-state index in [4.69, 9.17) is 11.6 Å². The van der Waals surface area contributed by atoms with Gasteiger partial charge in [-0.15, -0.1) is 0 Å². The summed E-state index contributed by atoms with van der Waals surface area (Å²) < 4.78 is 1.83. The summed E-state index contributed by atoms with van der Waals surface area (Å²) in [7, 11) is 0. The van der Waals surface area contributed by atoms with Gasteiger partial charge in [-0.1, -0.05) is 11.6 Å². The maximum Gasteiger partial charge on any atom is 0.130 e. The highest BCUT2D eigenvalue weighted by Gasteiger charge is 2.26. The van der Waals surface area contributed by atoms with Gasteiger partial charge in [0.2, 0.25) is 0 Å². The minimum absolute atomic E-state index is 0.175. The third kappa shape index (κ3) is 1.58. The number of nitrogens with zero attached hydrogens (tertiary/aromatic N) is 2. The third-order valence-electron chi connectivity index (χ3n) is 2.63. The van der Waals surface area contributed by atoms with E-state index in [2.05, 4.69) is 5.10 Å². The number of aliphatic hydroxyl groups excluding tert-OH is 1. The molecule has 1 aliphatic carbocycles. The average Bonchev–Trinajstić information content (AvgIpc) is 2.62. The van der Waals surface area contributed by atoms with Crippen molar-refractivity contribution < 1.29 is 5.11 Å². The molecule has 2 rings (SSSR count). The van der Waals surface area contributed by atoms with Crippen LogP contribution in [0.5, 0.6) is 0 Å². The number of hydrogen-bond donors (Lipinski definition) is 1. The molecule has 1 N–H and O–H groups in total. The zero-order chi connectivity index (χ0) is 9.42. The molecule has 0 aliphatic heterocycles. The van der Waals surface area contributed by atoms with Gasteiger partial charge in [0.1, 0.15) is 5.15 Å². The fourth-order valence-corrected chi connectivity index (χ4v) is 2.08. The molecule has 1 fully saturated rings. The summed E-state index contributed by atoms with van der Waals surface area (Å²) in [4.78, 5) is 0. The Balaban J connectivity index is 2.21. The minimum atomic E-state index is -0.175. The standard InChI is InChI=1S/C9H13ClN2O/c1-6-5-11-12(9(6)10)7-2-3-8(13)4-7/h5,7-8,13H,2-4H2,1H3. The van der Waals surface area contributed by atoms with Crippen molar-refractivity contribution in [1.82, 2.24) is 9.78 Å². The van der Waals surface area contributed by atoms with Crippen molar-refractivity contribution in [2.45, 2.75) is 38.3 Å². The Labute approximate surface area is 82.3 Å². The zero-order valence-corrected chi connectivity index (χ0v) is 8.33. The maximum atomic E-state index is 9.37. The van der Waals surface area contributed by atoms with Crippen LogP contribution in [-0.4, -0.2) is 21.0 Å². The van der Waals surface area contributed by atoms with E-state index in [1.165, 1.54) is 0 Å². The Morgan fingerprint density at radius 2 is 2.38 bits per heavy atom. The van der Waals surface area contributed by atoms with E-state index in [1.807, 2.05) is 11.6 Å². The SMILES string of the molecule is Cc1cnn(C2CCC(O)C2)c1Cl. The smallest absolute Gasteiger partial charge is 0.130 e. The minimum Gasteiger partial charge on any atom is -0.393 e. The lowest BCUT2D eigenvalue weighted by Crippen LogP contribution is -2.08. The van der Waals surface area contributed by atoms with Crippen LogP contribution in [0.4, 0.5) is 0 Å². The normalized spacial score (nSPS) is 28.2. The van der Waals surface area contributed by atoms with E-state index >= 15 is 0 Å². The van der Waals surface area contributed by atoms with Crippen LogP contribution in [0.2, 0.25) is 5.15 Å². The van der Waals surface area contributed by atoms with Gasteiger partial charge in [-0.2, -0.15) is 5.10 Å². The first-order chi connectivity index (χ1) is 6.18. The second-order valence-electron chi connectivity index (χ2n) is 3.68. The van der Waals surface area contributed by atoms with E-state index in [0.717, 1.165) is 24.8 Å². The highest BCUT2D eigenvalue weighted by molar-refractivity contribution is 6.30. The molecule has 0 amide bonds.